The van der Waals surface area contributed by atoms with Gasteiger partial charge in [0.15, 0.2) is 5.78 Å². The Morgan fingerprint density at radius 1 is 1.11 bits per heavy atom. The van der Waals surface area contributed by atoms with Gasteiger partial charge < -0.3 is 18.6 Å². The Morgan fingerprint density at radius 3 is 2.49 bits per heavy atom. The molecule has 1 aromatic heterocycles. The molecule has 3 aliphatic carbocycles. The van der Waals surface area contributed by atoms with Crippen LogP contribution in [0.3, 0.4) is 0 Å². The molecule has 35 heavy (non-hydrogen) atoms. The van der Waals surface area contributed by atoms with Gasteiger partial charge in [-0.2, -0.15) is 0 Å². The molecular formula is C28H34O7. The molecule has 1 aromatic rings. The minimum absolute atomic E-state index is 0.0660. The van der Waals surface area contributed by atoms with Crippen LogP contribution >= 0.6 is 0 Å². The largest absolute Gasteiger partial charge is 0.472 e. The van der Waals surface area contributed by atoms with Crippen molar-refractivity contribution in [2.45, 2.75) is 65.1 Å². The first-order chi connectivity index (χ1) is 16.5. The lowest BCUT2D eigenvalue weighted by Gasteiger charge is -2.60. The summed E-state index contributed by atoms with van der Waals surface area (Å²) in [6, 6.07) is 1.98. The van der Waals surface area contributed by atoms with E-state index in [1.54, 1.807) is 18.6 Å². The predicted octanol–water partition coefficient (Wildman–Crippen LogP) is 4.38. The zero-order chi connectivity index (χ0) is 25.3. The second-order valence-corrected chi connectivity index (χ2v) is 11.2. The van der Waals surface area contributed by atoms with Crippen molar-refractivity contribution in [1.29, 1.82) is 0 Å². The average Bonchev–Trinajstić information content (AvgIpc) is 3.54. The summed E-state index contributed by atoms with van der Waals surface area (Å²) >= 11 is 0. The minimum atomic E-state index is -1.00. The Hall–Kier alpha value is -2.67. The van der Waals surface area contributed by atoms with Crippen molar-refractivity contribution in [2.24, 2.45) is 28.1 Å². The van der Waals surface area contributed by atoms with E-state index in [1.165, 1.54) is 31.4 Å². The number of carbonyl (C=O) groups is 3. The number of furan rings is 1. The van der Waals surface area contributed by atoms with Gasteiger partial charge >= 0.3 is 11.9 Å². The maximum Gasteiger partial charge on any atom is 0.315 e. The third-order valence-corrected chi connectivity index (χ3v) is 9.92. The molecule has 0 amide bonds. The number of methoxy groups -OCH3 is 2. The molecule has 2 heterocycles. The summed E-state index contributed by atoms with van der Waals surface area (Å²) in [5.74, 6) is -1.44. The average molecular weight is 483 g/mol. The van der Waals surface area contributed by atoms with Gasteiger partial charge in [0.1, 0.15) is 0 Å². The van der Waals surface area contributed by atoms with Gasteiger partial charge in [-0.25, -0.2) is 0 Å². The minimum Gasteiger partial charge on any atom is -0.472 e. The second-order valence-electron chi connectivity index (χ2n) is 11.2. The van der Waals surface area contributed by atoms with Gasteiger partial charge in [-0.15, -0.1) is 0 Å². The number of allylic oxidation sites excluding steroid dienone is 2. The van der Waals surface area contributed by atoms with Crippen LogP contribution in [0, 0.1) is 28.1 Å². The molecule has 8 atom stereocenters. The summed E-state index contributed by atoms with van der Waals surface area (Å²) < 4.78 is 22.4. The maximum absolute atomic E-state index is 13.7. The standard InChI is InChI=1S/C28H34O7/c1-15-17(16-8-10-34-14-16)11-18-24(15)28(4)20(13-23(30)32-5)27(3)19(12-22(28)35-18)26(2,25(31)33-6)9-7-21(27)29/h7-10,14,17-20,22H,11-13H2,1-6H3/t17-,18-,19?,20-,22-,26-,27+,28+/m1/s1. The van der Waals surface area contributed by atoms with Crippen LogP contribution in [0.25, 0.3) is 0 Å². The van der Waals surface area contributed by atoms with Crippen LogP contribution in [-0.2, 0) is 28.6 Å². The Bertz CT molecular complexity index is 1130. The number of ketones is 1. The highest BCUT2D eigenvalue weighted by Crippen LogP contribution is 2.70. The molecule has 0 aromatic carbocycles. The van der Waals surface area contributed by atoms with Gasteiger partial charge in [-0.1, -0.05) is 25.5 Å². The summed E-state index contributed by atoms with van der Waals surface area (Å²) in [6.45, 7) is 8.03. The number of carbonyl (C=O) groups excluding carboxylic acids is 3. The number of hydrogen-bond donors (Lipinski definition) is 0. The summed E-state index contributed by atoms with van der Waals surface area (Å²) in [5, 5.41) is 0. The van der Waals surface area contributed by atoms with Crippen LogP contribution < -0.4 is 0 Å². The van der Waals surface area contributed by atoms with Crippen molar-refractivity contribution < 1.29 is 33.0 Å². The number of fused-ring (bicyclic) bond motifs is 4. The zero-order valence-electron chi connectivity index (χ0n) is 21.3. The molecule has 2 fully saturated rings. The SMILES string of the molecule is COC(=O)C[C@H]1[C@]2(C)C3=C(C)[C@H](c4ccoc4)C[C@H]3O[C@@H]2CC2[C@](C)(C(=O)OC)C=CC(=O)[C@@]21C. The van der Waals surface area contributed by atoms with Gasteiger partial charge in [0.05, 0.1) is 50.8 Å². The second kappa shape index (κ2) is 7.92. The quantitative estimate of drug-likeness (QED) is 0.464. The third-order valence-electron chi connectivity index (χ3n) is 9.92. The predicted molar refractivity (Wildman–Crippen MR) is 126 cm³/mol. The van der Waals surface area contributed by atoms with E-state index in [2.05, 4.69) is 13.8 Å². The summed E-state index contributed by atoms with van der Waals surface area (Å²) in [4.78, 5) is 39.6. The normalized spacial score (nSPS) is 41.9. The highest BCUT2D eigenvalue weighted by molar-refractivity contribution is 5.99. The van der Waals surface area contributed by atoms with E-state index in [0.29, 0.717) is 6.42 Å². The van der Waals surface area contributed by atoms with Crippen LogP contribution in [0.4, 0.5) is 0 Å². The third kappa shape index (κ3) is 3.03. The molecule has 7 nitrogen and oxygen atoms in total. The Balaban J connectivity index is 1.69. The number of ether oxygens (including phenoxy) is 3. The van der Waals surface area contributed by atoms with Gasteiger partial charge in [-0.05, 0) is 61.8 Å². The Kier molecular flexibility index (Phi) is 5.44. The zero-order valence-corrected chi connectivity index (χ0v) is 21.3. The molecule has 0 bridgehead atoms. The van der Waals surface area contributed by atoms with Crippen LogP contribution in [0.15, 0.2) is 46.3 Å². The van der Waals surface area contributed by atoms with Crippen LogP contribution in [0.2, 0.25) is 0 Å². The fraction of sp³-hybridized carbons (Fsp3) is 0.607. The van der Waals surface area contributed by atoms with Crippen molar-refractivity contribution in [1.82, 2.24) is 0 Å². The van der Waals surface area contributed by atoms with Crippen molar-refractivity contribution in [2.75, 3.05) is 14.2 Å². The van der Waals surface area contributed by atoms with E-state index in [9.17, 15) is 14.4 Å². The Morgan fingerprint density at radius 2 is 1.86 bits per heavy atom. The molecule has 0 spiro atoms. The first kappa shape index (κ1) is 24.0. The molecule has 0 radical (unpaired) electrons. The molecule has 1 saturated heterocycles. The summed E-state index contributed by atoms with van der Waals surface area (Å²) in [7, 11) is 2.74. The fourth-order valence-electron chi connectivity index (χ4n) is 8.12. The van der Waals surface area contributed by atoms with Gasteiger partial charge in [-0.3, -0.25) is 14.4 Å². The summed E-state index contributed by atoms with van der Waals surface area (Å²) in [5.41, 5.74) is 0.961. The topological polar surface area (TPSA) is 92.0 Å². The van der Waals surface area contributed by atoms with E-state index in [0.717, 1.165) is 12.0 Å². The summed E-state index contributed by atoms with van der Waals surface area (Å²) in [6.07, 6.45) is 7.68. The van der Waals surface area contributed by atoms with Gasteiger partial charge in [0, 0.05) is 16.7 Å². The van der Waals surface area contributed by atoms with Crippen LogP contribution in [0.5, 0.6) is 0 Å². The lowest BCUT2D eigenvalue weighted by molar-refractivity contribution is -0.181. The van der Waals surface area contributed by atoms with Crippen molar-refractivity contribution in [3.63, 3.8) is 0 Å². The number of rotatable bonds is 4. The van der Waals surface area contributed by atoms with E-state index >= 15 is 0 Å². The lowest BCUT2D eigenvalue weighted by atomic mass is 9.42. The molecule has 1 saturated carbocycles. The molecule has 0 N–H and O–H groups in total. The first-order valence-electron chi connectivity index (χ1n) is 12.3. The van der Waals surface area contributed by atoms with Crippen molar-refractivity contribution in [3.05, 3.63) is 47.5 Å². The van der Waals surface area contributed by atoms with E-state index in [-0.39, 0.29) is 48.2 Å². The molecule has 7 heteroatoms. The van der Waals surface area contributed by atoms with Crippen LogP contribution in [-0.4, -0.2) is 44.1 Å². The molecule has 1 unspecified atom stereocenters. The lowest BCUT2D eigenvalue weighted by Crippen LogP contribution is -2.63. The highest BCUT2D eigenvalue weighted by Gasteiger charge is 2.71. The molecule has 1 aliphatic heterocycles. The number of hydrogen-bond acceptors (Lipinski definition) is 7. The number of esters is 2. The van der Waals surface area contributed by atoms with Crippen molar-refractivity contribution in [3.8, 4) is 0 Å². The van der Waals surface area contributed by atoms with E-state index in [1.807, 2.05) is 19.9 Å². The van der Waals surface area contributed by atoms with E-state index in [4.69, 9.17) is 18.6 Å². The monoisotopic (exact) mass is 482 g/mol. The van der Waals surface area contributed by atoms with Crippen molar-refractivity contribution >= 4 is 17.7 Å². The van der Waals surface area contributed by atoms with Crippen LogP contribution in [0.1, 0.15) is 58.4 Å². The smallest absolute Gasteiger partial charge is 0.315 e. The molecule has 188 valence electrons. The highest BCUT2D eigenvalue weighted by atomic mass is 16.5. The first-order valence-corrected chi connectivity index (χ1v) is 12.3. The van der Waals surface area contributed by atoms with E-state index < -0.39 is 22.2 Å². The molecular weight excluding hydrogens is 448 g/mol. The van der Waals surface area contributed by atoms with Gasteiger partial charge in [0.25, 0.3) is 0 Å². The fourth-order valence-corrected chi connectivity index (χ4v) is 8.12. The maximum atomic E-state index is 13.7. The molecule has 5 rings (SSSR count). The molecule has 4 aliphatic rings. The van der Waals surface area contributed by atoms with Gasteiger partial charge in [0.2, 0.25) is 0 Å². The Labute approximate surface area is 205 Å².